The van der Waals surface area contributed by atoms with Crippen molar-refractivity contribution in [3.05, 3.63) is 29.8 Å². The van der Waals surface area contributed by atoms with Gasteiger partial charge in [-0.05, 0) is 37.0 Å². The lowest BCUT2D eigenvalue weighted by Gasteiger charge is -2.09. The third-order valence-electron chi connectivity index (χ3n) is 7.71. The van der Waals surface area contributed by atoms with Crippen LogP contribution in [0.15, 0.2) is 24.3 Å². The van der Waals surface area contributed by atoms with Gasteiger partial charge >= 0.3 is 5.97 Å². The lowest BCUT2D eigenvalue weighted by atomic mass is 10.0. The summed E-state index contributed by atoms with van der Waals surface area (Å²) in [5.74, 6) is 0.779. The molecule has 0 N–H and O–H groups in total. The number of hydrogen-bond donors (Lipinski definition) is 0. The second kappa shape index (κ2) is 29.0. The molecule has 4 nitrogen and oxygen atoms in total. The van der Waals surface area contributed by atoms with Gasteiger partial charge < -0.3 is 14.2 Å². The van der Waals surface area contributed by atoms with Crippen LogP contribution in [-0.4, -0.2) is 32.4 Å². The predicted octanol–water partition coefficient (Wildman–Crippen LogP) is 10.8. The Hall–Kier alpha value is -1.55. The summed E-state index contributed by atoms with van der Waals surface area (Å²) in [6.45, 7) is 6.29. The van der Waals surface area contributed by atoms with Crippen molar-refractivity contribution in [2.24, 2.45) is 0 Å². The lowest BCUT2D eigenvalue weighted by Crippen LogP contribution is -2.13. The Balaban J connectivity index is 1.82. The van der Waals surface area contributed by atoms with Crippen molar-refractivity contribution >= 4 is 5.97 Å². The topological polar surface area (TPSA) is 44.8 Å². The van der Waals surface area contributed by atoms with Crippen LogP contribution in [0.25, 0.3) is 0 Å². The minimum atomic E-state index is -0.101. The van der Waals surface area contributed by atoms with Crippen LogP contribution in [0.5, 0.6) is 5.75 Å². The number of unbranched alkanes of at least 4 members (excludes halogenated alkanes) is 19. The Kier molecular flexibility index (Phi) is 26.4. The maximum absolute atomic E-state index is 11.9. The largest absolute Gasteiger partial charge is 0.491 e. The first kappa shape index (κ1) is 36.5. The van der Waals surface area contributed by atoms with Gasteiger partial charge in [-0.2, -0.15) is 0 Å². The molecule has 0 atom stereocenters. The van der Waals surface area contributed by atoms with Crippen molar-refractivity contribution in [3.8, 4) is 5.75 Å². The molecule has 0 aromatic heterocycles. The summed E-state index contributed by atoms with van der Waals surface area (Å²) in [6.07, 6.45) is 29.6. The third kappa shape index (κ3) is 24.3. The van der Waals surface area contributed by atoms with Gasteiger partial charge in [0.15, 0.2) is 0 Å². The molecule has 0 bridgehead atoms. The van der Waals surface area contributed by atoms with Crippen LogP contribution in [0, 0.1) is 0 Å². The van der Waals surface area contributed by atoms with Crippen molar-refractivity contribution < 1.29 is 19.0 Å². The van der Waals surface area contributed by atoms with E-state index in [1.165, 1.54) is 128 Å². The smallest absolute Gasteiger partial charge is 0.305 e. The van der Waals surface area contributed by atoms with E-state index in [-0.39, 0.29) is 5.97 Å². The first-order valence-corrected chi connectivity index (χ1v) is 17.2. The molecule has 4 heteroatoms. The minimum absolute atomic E-state index is 0.101. The average Bonchev–Trinajstić information content (AvgIpc) is 2.97. The van der Waals surface area contributed by atoms with E-state index in [1.54, 1.807) is 0 Å². The van der Waals surface area contributed by atoms with Crippen molar-refractivity contribution in [2.45, 2.75) is 162 Å². The molecule has 0 amide bonds. The molecule has 0 aliphatic heterocycles. The van der Waals surface area contributed by atoms with E-state index in [9.17, 15) is 4.79 Å². The Morgan fingerprint density at radius 3 is 1.50 bits per heavy atom. The second-order valence-corrected chi connectivity index (χ2v) is 11.5. The Bertz CT molecular complexity index is 657. The van der Waals surface area contributed by atoms with E-state index >= 15 is 0 Å². The summed E-state index contributed by atoms with van der Waals surface area (Å²) in [5, 5.41) is 0. The number of hydrogen-bond acceptors (Lipinski definition) is 4. The second-order valence-electron chi connectivity index (χ2n) is 11.5. The summed E-state index contributed by atoms with van der Waals surface area (Å²) in [4.78, 5) is 11.9. The number of rotatable bonds is 30. The monoisotopic (exact) mass is 560 g/mol. The maximum atomic E-state index is 11.9. The number of benzene rings is 1. The number of carbonyl (C=O) groups is 1. The number of ether oxygens (including phenoxy) is 3. The van der Waals surface area contributed by atoms with E-state index < -0.39 is 0 Å². The molecule has 0 saturated heterocycles. The standard InChI is InChI=1S/C36H64O4/c1-3-5-7-9-11-12-13-14-15-16-17-18-19-21-23-25-36(37)40-33-31-38-30-32-39-35-28-26-34(27-29-35)24-22-20-10-8-6-4-2/h26-29H,3-25,30-33H2,1-2H3. The van der Waals surface area contributed by atoms with Crippen LogP contribution < -0.4 is 4.74 Å². The van der Waals surface area contributed by atoms with Gasteiger partial charge in [-0.3, -0.25) is 4.79 Å². The molecular weight excluding hydrogens is 496 g/mol. The van der Waals surface area contributed by atoms with Gasteiger partial charge in [-0.25, -0.2) is 0 Å². The van der Waals surface area contributed by atoms with Crippen LogP contribution in [0.1, 0.15) is 161 Å². The molecule has 1 aromatic rings. The van der Waals surface area contributed by atoms with Gasteiger partial charge in [-0.15, -0.1) is 0 Å². The fourth-order valence-electron chi connectivity index (χ4n) is 5.11. The van der Waals surface area contributed by atoms with Crippen molar-refractivity contribution in [1.29, 1.82) is 0 Å². The Morgan fingerprint density at radius 1 is 0.525 bits per heavy atom. The molecule has 0 unspecified atom stereocenters. The molecule has 0 radical (unpaired) electrons. The zero-order valence-corrected chi connectivity index (χ0v) is 26.5. The van der Waals surface area contributed by atoms with Crippen LogP contribution in [0.2, 0.25) is 0 Å². The summed E-state index contributed by atoms with van der Waals surface area (Å²) in [5.41, 5.74) is 1.38. The van der Waals surface area contributed by atoms with E-state index in [0.29, 0.717) is 32.8 Å². The molecule has 1 aromatic carbocycles. The van der Waals surface area contributed by atoms with E-state index in [4.69, 9.17) is 14.2 Å². The fourth-order valence-corrected chi connectivity index (χ4v) is 5.11. The van der Waals surface area contributed by atoms with E-state index in [1.807, 2.05) is 12.1 Å². The Labute approximate surface area is 248 Å². The van der Waals surface area contributed by atoms with Gasteiger partial charge in [0.05, 0.1) is 13.2 Å². The lowest BCUT2D eigenvalue weighted by molar-refractivity contribution is -0.145. The zero-order chi connectivity index (χ0) is 28.8. The molecular formula is C36H64O4. The van der Waals surface area contributed by atoms with E-state index in [0.717, 1.165) is 25.0 Å². The summed E-state index contributed by atoms with van der Waals surface area (Å²) < 4.78 is 16.6. The third-order valence-corrected chi connectivity index (χ3v) is 7.71. The van der Waals surface area contributed by atoms with Crippen LogP contribution in [0.4, 0.5) is 0 Å². The summed E-state index contributed by atoms with van der Waals surface area (Å²) in [7, 11) is 0. The molecule has 0 fully saturated rings. The zero-order valence-electron chi connectivity index (χ0n) is 26.5. The highest BCUT2D eigenvalue weighted by atomic mass is 16.6. The van der Waals surface area contributed by atoms with Crippen molar-refractivity contribution in [1.82, 2.24) is 0 Å². The highest BCUT2D eigenvalue weighted by Gasteiger charge is 2.03. The normalized spacial score (nSPS) is 11.2. The SMILES string of the molecule is CCCCCCCCCCCCCCCCCC(=O)OCCOCCOc1ccc(CCCCCCCC)cc1. The molecule has 1 rings (SSSR count). The molecule has 0 aliphatic rings. The van der Waals surface area contributed by atoms with Crippen LogP contribution in [-0.2, 0) is 20.7 Å². The quantitative estimate of drug-likeness (QED) is 0.0693. The van der Waals surface area contributed by atoms with Gasteiger partial charge in [0.25, 0.3) is 0 Å². The average molecular weight is 561 g/mol. The van der Waals surface area contributed by atoms with Gasteiger partial charge in [0.2, 0.25) is 0 Å². The number of carbonyl (C=O) groups excluding carboxylic acids is 1. The van der Waals surface area contributed by atoms with Crippen molar-refractivity contribution in [3.63, 3.8) is 0 Å². The Morgan fingerprint density at radius 2 is 0.975 bits per heavy atom. The highest BCUT2D eigenvalue weighted by molar-refractivity contribution is 5.69. The molecule has 0 saturated carbocycles. The molecule has 40 heavy (non-hydrogen) atoms. The maximum Gasteiger partial charge on any atom is 0.305 e. The molecule has 0 heterocycles. The molecule has 232 valence electrons. The van der Waals surface area contributed by atoms with Crippen LogP contribution in [0.3, 0.4) is 0 Å². The van der Waals surface area contributed by atoms with Crippen molar-refractivity contribution in [2.75, 3.05) is 26.4 Å². The van der Waals surface area contributed by atoms with Gasteiger partial charge in [-0.1, -0.05) is 148 Å². The summed E-state index contributed by atoms with van der Waals surface area (Å²) >= 11 is 0. The number of aryl methyl sites for hydroxylation is 1. The minimum Gasteiger partial charge on any atom is -0.491 e. The van der Waals surface area contributed by atoms with Gasteiger partial charge in [0.1, 0.15) is 19.0 Å². The first-order chi connectivity index (χ1) is 19.8. The molecule has 0 spiro atoms. The van der Waals surface area contributed by atoms with Gasteiger partial charge in [0, 0.05) is 6.42 Å². The highest BCUT2D eigenvalue weighted by Crippen LogP contribution is 2.16. The predicted molar refractivity (Wildman–Crippen MR) is 170 cm³/mol. The number of esters is 1. The summed E-state index contributed by atoms with van der Waals surface area (Å²) in [6, 6.07) is 8.43. The fraction of sp³-hybridized carbons (Fsp3) is 0.806. The molecule has 0 aliphatic carbocycles. The van der Waals surface area contributed by atoms with E-state index in [2.05, 4.69) is 26.0 Å². The van der Waals surface area contributed by atoms with Crippen LogP contribution >= 0.6 is 0 Å². The first-order valence-electron chi connectivity index (χ1n) is 17.2.